The van der Waals surface area contributed by atoms with Crippen molar-refractivity contribution in [2.75, 3.05) is 0 Å². The molecule has 0 bridgehead atoms. The van der Waals surface area contributed by atoms with E-state index in [-0.39, 0.29) is 0 Å². The fourth-order valence-corrected chi connectivity index (χ4v) is 0.220. The molecule has 0 atom stereocenters. The van der Waals surface area contributed by atoms with Gasteiger partial charge in [-0.2, -0.15) is 0 Å². The minimum absolute atomic E-state index is 0.839. The van der Waals surface area contributed by atoms with E-state index in [1.54, 1.807) is 0 Å². The van der Waals surface area contributed by atoms with Crippen molar-refractivity contribution in [3.8, 4) is 0 Å². The van der Waals surface area contributed by atoms with Crippen LogP contribution in [-0.4, -0.2) is 6.21 Å². The maximum absolute atomic E-state index is 9.23. The van der Waals surface area contributed by atoms with E-state index in [9.17, 15) is 4.91 Å². The Bertz CT molecular complexity index is 70.1. The second-order valence-corrected chi connectivity index (χ2v) is 1.17. The predicted octanol–water partition coefficient (Wildman–Crippen LogP) is 1.54. The zero-order chi connectivity index (χ0) is 5.54. The summed E-state index contributed by atoms with van der Waals surface area (Å²) in [6, 6.07) is 0. The lowest BCUT2D eigenvalue weighted by Crippen LogP contribution is -1.67. The molecule has 40 valence electrons. The van der Waals surface area contributed by atoms with Gasteiger partial charge in [0.15, 0.2) is 0 Å². The minimum atomic E-state index is 0.839. The fourth-order valence-electron chi connectivity index (χ4n) is 0.220. The predicted molar refractivity (Wildman–Crippen MR) is 29.2 cm³/mol. The van der Waals surface area contributed by atoms with Gasteiger partial charge in [0, 0.05) is 6.21 Å². The molecule has 0 aromatic rings. The smallest absolute Gasteiger partial charge is 0.0794 e. The van der Waals surface area contributed by atoms with E-state index in [1.807, 2.05) is 6.92 Å². The molecule has 0 aliphatic heterocycles. The lowest BCUT2D eigenvalue weighted by atomic mass is 10.4. The first kappa shape index (κ1) is 6.27. The number of unbranched alkanes of at least 4 members (excludes halogenated alkanes) is 1. The summed E-state index contributed by atoms with van der Waals surface area (Å²) in [7, 11) is 0. The van der Waals surface area contributed by atoms with Crippen molar-refractivity contribution < 1.29 is 0 Å². The highest BCUT2D eigenvalue weighted by molar-refractivity contribution is 5.56. The molecule has 0 saturated carbocycles. The standard InChI is InChI=1S/C4H8N2O/c1-2-3-4-5-6-7/h4H,2-3H2,1H3. The molecule has 0 rings (SSSR count). The van der Waals surface area contributed by atoms with Crippen molar-refractivity contribution in [3.05, 3.63) is 4.91 Å². The average Bonchev–Trinajstić information content (AvgIpc) is 1.69. The van der Waals surface area contributed by atoms with Gasteiger partial charge in [-0.1, -0.05) is 13.3 Å². The Morgan fingerprint density at radius 3 is 2.86 bits per heavy atom. The highest BCUT2D eigenvalue weighted by Gasteiger charge is 1.69. The van der Waals surface area contributed by atoms with Gasteiger partial charge in [0.2, 0.25) is 0 Å². The fraction of sp³-hybridized carbons (Fsp3) is 0.750. The van der Waals surface area contributed by atoms with Crippen molar-refractivity contribution in [1.29, 1.82) is 0 Å². The SMILES string of the molecule is CCCC=NN=O. The van der Waals surface area contributed by atoms with E-state index in [0.717, 1.165) is 12.8 Å². The van der Waals surface area contributed by atoms with E-state index in [2.05, 4.69) is 10.4 Å². The largest absolute Gasteiger partial charge is 0.124 e. The van der Waals surface area contributed by atoms with Crippen LogP contribution in [0.2, 0.25) is 0 Å². The lowest BCUT2D eigenvalue weighted by Gasteiger charge is -1.74. The third kappa shape index (κ3) is 5.27. The van der Waals surface area contributed by atoms with Gasteiger partial charge in [0.05, 0.1) is 5.29 Å². The number of hydrogen-bond donors (Lipinski definition) is 0. The zero-order valence-electron chi connectivity index (χ0n) is 4.29. The van der Waals surface area contributed by atoms with Crippen molar-refractivity contribution in [2.24, 2.45) is 10.4 Å². The molecule has 3 nitrogen and oxygen atoms in total. The first-order valence-electron chi connectivity index (χ1n) is 2.26. The maximum atomic E-state index is 9.23. The molecule has 0 spiro atoms. The third-order valence-corrected chi connectivity index (χ3v) is 0.547. The van der Waals surface area contributed by atoms with Gasteiger partial charge in [-0.25, -0.2) is 0 Å². The first-order valence-corrected chi connectivity index (χ1v) is 2.26. The molecule has 0 saturated heterocycles. The minimum Gasteiger partial charge on any atom is -0.124 e. The Labute approximate surface area is 42.4 Å². The maximum Gasteiger partial charge on any atom is 0.0794 e. The molecule has 0 amide bonds. The van der Waals surface area contributed by atoms with Gasteiger partial charge in [-0.15, -0.1) is 10.0 Å². The van der Waals surface area contributed by atoms with E-state index < -0.39 is 0 Å². The zero-order valence-corrected chi connectivity index (χ0v) is 4.29. The van der Waals surface area contributed by atoms with E-state index in [1.165, 1.54) is 6.21 Å². The molecule has 7 heavy (non-hydrogen) atoms. The van der Waals surface area contributed by atoms with Gasteiger partial charge in [0.25, 0.3) is 0 Å². The van der Waals surface area contributed by atoms with Gasteiger partial charge < -0.3 is 0 Å². The molecular formula is C4H8N2O. The highest BCUT2D eigenvalue weighted by atomic mass is 16.3. The molecule has 0 aromatic heterocycles. The summed E-state index contributed by atoms with van der Waals surface area (Å²) >= 11 is 0. The Kier molecular flexibility index (Phi) is 4.72. The van der Waals surface area contributed by atoms with Gasteiger partial charge in [-0.3, -0.25) is 0 Å². The molecule has 0 unspecified atom stereocenters. The van der Waals surface area contributed by atoms with Crippen LogP contribution < -0.4 is 0 Å². The second-order valence-electron chi connectivity index (χ2n) is 1.17. The Hall–Kier alpha value is -0.730. The average molecular weight is 100 g/mol. The topological polar surface area (TPSA) is 41.8 Å². The Morgan fingerprint density at radius 2 is 2.43 bits per heavy atom. The molecule has 0 fully saturated rings. The van der Waals surface area contributed by atoms with Gasteiger partial charge >= 0.3 is 0 Å². The molecule has 0 radical (unpaired) electrons. The summed E-state index contributed by atoms with van der Waals surface area (Å²) in [4.78, 5) is 9.23. The van der Waals surface area contributed by atoms with Crippen LogP contribution in [0.4, 0.5) is 0 Å². The van der Waals surface area contributed by atoms with Crippen molar-refractivity contribution in [3.63, 3.8) is 0 Å². The van der Waals surface area contributed by atoms with Crippen molar-refractivity contribution in [1.82, 2.24) is 0 Å². The van der Waals surface area contributed by atoms with E-state index in [4.69, 9.17) is 0 Å². The molecule has 3 heteroatoms. The molecule has 0 aliphatic rings. The summed E-state index contributed by atoms with van der Waals surface area (Å²) in [6.45, 7) is 2.01. The van der Waals surface area contributed by atoms with Crippen LogP contribution in [-0.2, 0) is 0 Å². The van der Waals surface area contributed by atoms with Crippen LogP contribution in [0.5, 0.6) is 0 Å². The summed E-state index contributed by atoms with van der Waals surface area (Å²) in [5.74, 6) is 0. The molecule has 0 aliphatic carbocycles. The quantitative estimate of drug-likeness (QED) is 0.301. The number of rotatable bonds is 3. The highest BCUT2D eigenvalue weighted by Crippen LogP contribution is 1.79. The van der Waals surface area contributed by atoms with E-state index >= 15 is 0 Å². The number of nitroso groups, excluding NO2 is 1. The Balaban J connectivity index is 2.92. The van der Waals surface area contributed by atoms with Crippen LogP contribution in [0.3, 0.4) is 0 Å². The Morgan fingerprint density at radius 1 is 1.71 bits per heavy atom. The molecular weight excluding hydrogens is 92.1 g/mol. The lowest BCUT2D eigenvalue weighted by molar-refractivity contribution is 0.999. The van der Waals surface area contributed by atoms with Gasteiger partial charge in [-0.05, 0) is 6.42 Å². The molecule has 0 N–H and O–H groups in total. The van der Waals surface area contributed by atoms with Crippen molar-refractivity contribution in [2.45, 2.75) is 19.8 Å². The van der Waals surface area contributed by atoms with Crippen LogP contribution in [0.15, 0.2) is 10.4 Å². The summed E-state index contributed by atoms with van der Waals surface area (Å²) in [5, 5.41) is 5.40. The van der Waals surface area contributed by atoms with E-state index in [0.29, 0.717) is 0 Å². The summed E-state index contributed by atoms with van der Waals surface area (Å²) < 4.78 is 0. The van der Waals surface area contributed by atoms with Crippen molar-refractivity contribution >= 4 is 6.21 Å². The van der Waals surface area contributed by atoms with Crippen LogP contribution in [0.25, 0.3) is 0 Å². The number of nitrogens with zero attached hydrogens (tertiary/aromatic N) is 2. The third-order valence-electron chi connectivity index (χ3n) is 0.547. The second kappa shape index (κ2) is 5.27. The monoisotopic (exact) mass is 100 g/mol. The molecule has 0 heterocycles. The summed E-state index contributed by atoms with van der Waals surface area (Å²) in [5.41, 5.74) is 0. The van der Waals surface area contributed by atoms with Gasteiger partial charge in [0.1, 0.15) is 0 Å². The normalized spacial score (nSPS) is 9.86. The van der Waals surface area contributed by atoms with Crippen LogP contribution in [0, 0.1) is 4.91 Å². The number of hydrogen-bond acceptors (Lipinski definition) is 2. The summed E-state index contributed by atoms with van der Waals surface area (Å²) in [6.07, 6.45) is 3.36. The van der Waals surface area contributed by atoms with Crippen LogP contribution >= 0.6 is 0 Å². The first-order chi connectivity index (χ1) is 3.41. The molecule has 0 aromatic carbocycles. The van der Waals surface area contributed by atoms with Crippen LogP contribution in [0.1, 0.15) is 19.8 Å².